The number of sulfone groups is 1. The third-order valence-corrected chi connectivity index (χ3v) is 9.85. The molecule has 4 atom stereocenters. The summed E-state index contributed by atoms with van der Waals surface area (Å²) in [5.41, 5.74) is 1.36. The Morgan fingerprint density at radius 1 is 1.11 bits per heavy atom. The minimum atomic E-state index is -3.44. The van der Waals surface area contributed by atoms with Crippen LogP contribution in [-0.4, -0.2) is 53.4 Å². The molecule has 1 saturated heterocycles. The summed E-state index contributed by atoms with van der Waals surface area (Å²) in [6.45, 7) is 1.84. The molecule has 0 spiro atoms. The lowest BCUT2D eigenvalue weighted by atomic mass is 9.89. The third-order valence-electron chi connectivity index (χ3n) is 7.03. The Labute approximate surface area is 221 Å². The van der Waals surface area contributed by atoms with Crippen molar-refractivity contribution in [3.05, 3.63) is 69.7 Å². The molecule has 2 aliphatic rings. The second-order valence-corrected chi connectivity index (χ2v) is 12.6. The van der Waals surface area contributed by atoms with Crippen LogP contribution in [0.15, 0.2) is 48.5 Å². The number of ether oxygens (including phenoxy) is 1. The van der Waals surface area contributed by atoms with E-state index < -0.39 is 57.7 Å². The molecular formula is C26H29Cl2NO6S. The number of halogens is 2. The lowest BCUT2D eigenvalue weighted by Gasteiger charge is -2.48. The summed E-state index contributed by atoms with van der Waals surface area (Å²) in [5.74, 6) is -1.91. The number of amides is 1. The first-order valence-electron chi connectivity index (χ1n) is 12.0. The van der Waals surface area contributed by atoms with E-state index >= 15 is 0 Å². The molecular weight excluding hydrogens is 525 g/mol. The molecule has 36 heavy (non-hydrogen) atoms. The van der Waals surface area contributed by atoms with Gasteiger partial charge >= 0.3 is 5.97 Å². The van der Waals surface area contributed by atoms with E-state index in [0.29, 0.717) is 40.4 Å². The van der Waals surface area contributed by atoms with Crippen molar-refractivity contribution in [2.45, 2.75) is 68.6 Å². The number of carbonyl (C=O) groups is 2. The molecule has 10 heteroatoms. The fourth-order valence-electron chi connectivity index (χ4n) is 4.93. The minimum absolute atomic E-state index is 0.188. The first-order valence-corrected chi connectivity index (χ1v) is 14.5. The van der Waals surface area contributed by atoms with E-state index in [-0.39, 0.29) is 5.75 Å². The maximum absolute atomic E-state index is 13.8. The van der Waals surface area contributed by atoms with Gasteiger partial charge in [-0.1, -0.05) is 60.8 Å². The van der Waals surface area contributed by atoms with E-state index in [1.54, 1.807) is 53.4 Å². The normalized spacial score (nSPS) is 23.8. The topological polar surface area (TPSA) is 101 Å². The van der Waals surface area contributed by atoms with Gasteiger partial charge in [-0.15, -0.1) is 0 Å². The number of carbonyl (C=O) groups excluding carboxylic acids is 1. The van der Waals surface area contributed by atoms with Gasteiger partial charge in [-0.3, -0.25) is 9.59 Å². The van der Waals surface area contributed by atoms with E-state index in [2.05, 4.69) is 0 Å². The van der Waals surface area contributed by atoms with Crippen molar-refractivity contribution >= 4 is 44.9 Å². The van der Waals surface area contributed by atoms with Gasteiger partial charge in [0.25, 0.3) is 5.91 Å². The molecule has 0 unspecified atom stereocenters. The van der Waals surface area contributed by atoms with Crippen LogP contribution in [0, 0.1) is 0 Å². The van der Waals surface area contributed by atoms with E-state index in [0.717, 1.165) is 6.42 Å². The van der Waals surface area contributed by atoms with Crippen LogP contribution >= 0.6 is 23.2 Å². The highest BCUT2D eigenvalue weighted by Crippen LogP contribution is 2.45. The summed E-state index contributed by atoms with van der Waals surface area (Å²) in [6.07, 6.45) is -0.0629. The molecule has 1 aliphatic carbocycles. The van der Waals surface area contributed by atoms with Crippen LogP contribution in [0.2, 0.25) is 10.0 Å². The van der Waals surface area contributed by atoms with Crippen LogP contribution in [0.5, 0.6) is 0 Å². The Balaban J connectivity index is 1.83. The minimum Gasteiger partial charge on any atom is -0.481 e. The Hall–Kier alpha value is -2.13. The highest BCUT2D eigenvalue weighted by molar-refractivity contribution is 7.92. The maximum Gasteiger partial charge on any atom is 0.306 e. The van der Waals surface area contributed by atoms with E-state index in [1.165, 1.54) is 0 Å². The van der Waals surface area contributed by atoms with Gasteiger partial charge in [0.05, 0.1) is 23.5 Å². The average molecular weight is 554 g/mol. The molecule has 1 amide bonds. The molecule has 7 nitrogen and oxygen atoms in total. The smallest absolute Gasteiger partial charge is 0.306 e. The standard InChI is InChI=1S/C26H29Cl2NO6S/c1-2-20(15-36(33,34)21-7-4-8-21)29-24(16-9-11-18(27)12-10-16)25(17-5-3-6-19(28)13-17)35-22(26(29)32)14-23(30)31/h3,5-6,9-13,20-22,24-25H,2,4,7-8,14-15H2,1H3,(H,30,31)/t20-,22-,24+,25+/m0/s1. The Bertz CT molecular complexity index is 1220. The molecule has 2 fully saturated rings. The van der Waals surface area contributed by atoms with Crippen LogP contribution in [0.4, 0.5) is 0 Å². The summed E-state index contributed by atoms with van der Waals surface area (Å²) >= 11 is 12.4. The first-order chi connectivity index (χ1) is 17.1. The number of morpholine rings is 1. The molecule has 2 aromatic rings. The summed E-state index contributed by atoms with van der Waals surface area (Å²) in [7, 11) is -3.44. The molecule has 4 rings (SSSR count). The maximum atomic E-state index is 13.8. The predicted octanol–water partition coefficient (Wildman–Crippen LogP) is 5.22. The highest BCUT2D eigenvalue weighted by atomic mass is 35.5. The monoisotopic (exact) mass is 553 g/mol. The second kappa shape index (κ2) is 11.1. The largest absolute Gasteiger partial charge is 0.481 e. The van der Waals surface area contributed by atoms with Crippen molar-refractivity contribution in [3.8, 4) is 0 Å². The van der Waals surface area contributed by atoms with Gasteiger partial charge in [-0.25, -0.2) is 8.42 Å². The van der Waals surface area contributed by atoms with E-state index in [4.69, 9.17) is 27.9 Å². The molecule has 194 valence electrons. The Kier molecular flexibility index (Phi) is 8.29. The number of carboxylic acid groups (broad SMARTS) is 1. The number of hydrogen-bond acceptors (Lipinski definition) is 5. The molecule has 1 heterocycles. The summed E-state index contributed by atoms with van der Waals surface area (Å²) in [4.78, 5) is 27.0. The zero-order valence-electron chi connectivity index (χ0n) is 19.8. The van der Waals surface area contributed by atoms with Gasteiger partial charge in [-0.2, -0.15) is 0 Å². The average Bonchev–Trinajstić information content (AvgIpc) is 2.77. The molecule has 1 N–H and O–H groups in total. The second-order valence-electron chi connectivity index (χ2n) is 9.38. The summed E-state index contributed by atoms with van der Waals surface area (Å²) in [6, 6.07) is 12.6. The van der Waals surface area contributed by atoms with Crippen LogP contribution in [-0.2, 0) is 24.2 Å². The van der Waals surface area contributed by atoms with E-state index in [9.17, 15) is 23.1 Å². The third kappa shape index (κ3) is 5.72. The van der Waals surface area contributed by atoms with Crippen molar-refractivity contribution in [2.24, 2.45) is 0 Å². The van der Waals surface area contributed by atoms with Crippen LogP contribution in [0.25, 0.3) is 0 Å². The number of nitrogens with zero attached hydrogens (tertiary/aromatic N) is 1. The van der Waals surface area contributed by atoms with Crippen molar-refractivity contribution in [1.29, 1.82) is 0 Å². The summed E-state index contributed by atoms with van der Waals surface area (Å²) < 4.78 is 32.5. The van der Waals surface area contributed by atoms with E-state index in [1.807, 2.05) is 6.92 Å². The fourth-order valence-corrected chi connectivity index (χ4v) is 7.51. The SMILES string of the molecule is CC[C@@H](CS(=O)(=O)C1CCC1)N1C(=O)[C@H](CC(=O)O)O[C@H](c2cccc(Cl)c2)[C@H]1c1ccc(Cl)cc1. The fraction of sp³-hybridized carbons (Fsp3) is 0.462. The van der Waals surface area contributed by atoms with Crippen LogP contribution in [0.1, 0.15) is 62.3 Å². The first kappa shape index (κ1) is 26.9. The van der Waals surface area contributed by atoms with Crippen LogP contribution in [0.3, 0.4) is 0 Å². The number of benzene rings is 2. The molecule has 2 aromatic carbocycles. The van der Waals surface area contributed by atoms with Crippen LogP contribution < -0.4 is 0 Å². The Morgan fingerprint density at radius 3 is 2.36 bits per heavy atom. The molecule has 1 saturated carbocycles. The number of hydrogen-bond donors (Lipinski definition) is 1. The van der Waals surface area contributed by atoms with Gasteiger partial charge < -0.3 is 14.7 Å². The van der Waals surface area contributed by atoms with Crippen molar-refractivity contribution in [1.82, 2.24) is 4.90 Å². The lowest BCUT2D eigenvalue weighted by molar-refractivity contribution is -0.182. The lowest BCUT2D eigenvalue weighted by Crippen LogP contribution is -2.57. The number of rotatable bonds is 9. The zero-order chi connectivity index (χ0) is 26.0. The Morgan fingerprint density at radius 2 is 1.81 bits per heavy atom. The van der Waals surface area contributed by atoms with Crippen molar-refractivity contribution in [2.75, 3.05) is 5.75 Å². The van der Waals surface area contributed by atoms with Gasteiger partial charge in [0.2, 0.25) is 0 Å². The molecule has 0 bridgehead atoms. The number of carboxylic acids is 1. The predicted molar refractivity (Wildman–Crippen MR) is 138 cm³/mol. The van der Waals surface area contributed by atoms with Crippen molar-refractivity contribution in [3.63, 3.8) is 0 Å². The van der Waals surface area contributed by atoms with Gasteiger partial charge in [0.1, 0.15) is 12.2 Å². The van der Waals surface area contributed by atoms with Crippen molar-refractivity contribution < 1.29 is 27.9 Å². The van der Waals surface area contributed by atoms with Gasteiger partial charge in [0, 0.05) is 16.1 Å². The highest BCUT2D eigenvalue weighted by Gasteiger charge is 2.48. The molecule has 0 radical (unpaired) electrons. The molecule has 0 aromatic heterocycles. The van der Waals surface area contributed by atoms with Gasteiger partial charge in [0.15, 0.2) is 9.84 Å². The zero-order valence-corrected chi connectivity index (χ0v) is 22.2. The summed E-state index contributed by atoms with van der Waals surface area (Å²) in [5, 5.41) is 10.1. The number of aliphatic carboxylic acids is 1. The quantitative estimate of drug-likeness (QED) is 0.456. The van der Waals surface area contributed by atoms with Gasteiger partial charge in [-0.05, 0) is 54.7 Å². The molecule has 1 aliphatic heterocycles.